The zero-order valence-electron chi connectivity index (χ0n) is 13.3. The van der Waals surface area contributed by atoms with E-state index in [-0.39, 0.29) is 5.56 Å². The van der Waals surface area contributed by atoms with Crippen LogP contribution in [0, 0.1) is 13.8 Å². The SMILES string of the molecule is Cc1nc2c(c(=O)[nH]1)CN(Cc1nc(C)n3ccccc13)CC2. The molecule has 3 aromatic rings. The van der Waals surface area contributed by atoms with Gasteiger partial charge in [0, 0.05) is 32.3 Å². The third-order valence-corrected chi connectivity index (χ3v) is 4.44. The van der Waals surface area contributed by atoms with E-state index in [0.717, 1.165) is 47.8 Å². The molecule has 1 aliphatic heterocycles. The maximum atomic E-state index is 12.2. The number of nitrogens with zero attached hydrogens (tertiary/aromatic N) is 4. The smallest absolute Gasteiger partial charge is 0.255 e. The molecule has 0 radical (unpaired) electrons. The molecule has 0 aromatic carbocycles. The number of imidazole rings is 1. The van der Waals surface area contributed by atoms with Crippen LogP contribution in [0.1, 0.15) is 28.6 Å². The van der Waals surface area contributed by atoms with E-state index in [4.69, 9.17) is 4.98 Å². The van der Waals surface area contributed by atoms with Gasteiger partial charge in [-0.3, -0.25) is 9.69 Å². The topological polar surface area (TPSA) is 66.3 Å². The van der Waals surface area contributed by atoms with Crippen LogP contribution in [-0.2, 0) is 19.5 Å². The third kappa shape index (κ3) is 2.45. The monoisotopic (exact) mass is 309 g/mol. The van der Waals surface area contributed by atoms with Crippen LogP contribution in [0.4, 0.5) is 0 Å². The van der Waals surface area contributed by atoms with Crippen molar-refractivity contribution in [3.63, 3.8) is 0 Å². The second-order valence-corrected chi connectivity index (χ2v) is 6.10. The minimum absolute atomic E-state index is 0.0110. The summed E-state index contributed by atoms with van der Waals surface area (Å²) in [5, 5.41) is 0. The number of aryl methyl sites for hydroxylation is 2. The molecule has 6 nitrogen and oxygen atoms in total. The number of fused-ring (bicyclic) bond motifs is 2. The van der Waals surface area contributed by atoms with Crippen LogP contribution in [-0.4, -0.2) is 30.8 Å². The van der Waals surface area contributed by atoms with E-state index in [0.29, 0.717) is 12.4 Å². The van der Waals surface area contributed by atoms with Crippen molar-refractivity contribution < 1.29 is 0 Å². The Morgan fingerprint density at radius 3 is 3.00 bits per heavy atom. The minimum atomic E-state index is -0.0110. The van der Waals surface area contributed by atoms with E-state index in [1.807, 2.05) is 32.2 Å². The molecule has 3 aromatic heterocycles. The third-order valence-electron chi connectivity index (χ3n) is 4.44. The van der Waals surface area contributed by atoms with Crippen molar-refractivity contribution in [2.75, 3.05) is 6.54 Å². The summed E-state index contributed by atoms with van der Waals surface area (Å²) in [5.41, 5.74) is 3.91. The molecule has 0 amide bonds. The molecule has 6 heteroatoms. The van der Waals surface area contributed by atoms with E-state index >= 15 is 0 Å². The predicted octanol–water partition coefficient (Wildman–Crippen LogP) is 1.59. The summed E-state index contributed by atoms with van der Waals surface area (Å²) in [4.78, 5) is 26.4. The maximum Gasteiger partial charge on any atom is 0.255 e. The number of hydrogen-bond donors (Lipinski definition) is 1. The van der Waals surface area contributed by atoms with E-state index in [1.54, 1.807) is 0 Å². The van der Waals surface area contributed by atoms with Crippen LogP contribution in [0.2, 0.25) is 0 Å². The molecule has 0 unspecified atom stereocenters. The summed E-state index contributed by atoms with van der Waals surface area (Å²) in [5.74, 6) is 1.68. The van der Waals surface area contributed by atoms with Crippen LogP contribution >= 0.6 is 0 Å². The van der Waals surface area contributed by atoms with Crippen molar-refractivity contribution >= 4 is 5.52 Å². The molecule has 4 heterocycles. The van der Waals surface area contributed by atoms with Crippen molar-refractivity contribution in [2.24, 2.45) is 0 Å². The lowest BCUT2D eigenvalue weighted by Crippen LogP contribution is -2.35. The molecule has 0 bridgehead atoms. The Hall–Kier alpha value is -2.47. The quantitative estimate of drug-likeness (QED) is 0.781. The fraction of sp³-hybridized carbons (Fsp3) is 0.353. The lowest BCUT2D eigenvalue weighted by atomic mass is 10.1. The molecule has 23 heavy (non-hydrogen) atoms. The number of pyridine rings is 1. The number of H-pyrrole nitrogens is 1. The van der Waals surface area contributed by atoms with Gasteiger partial charge in [0.05, 0.1) is 22.5 Å². The summed E-state index contributed by atoms with van der Waals surface area (Å²) in [7, 11) is 0. The molecule has 0 saturated carbocycles. The van der Waals surface area contributed by atoms with Gasteiger partial charge in [-0.1, -0.05) is 6.07 Å². The fourth-order valence-corrected chi connectivity index (χ4v) is 3.34. The molecule has 4 rings (SSSR count). The van der Waals surface area contributed by atoms with E-state index in [1.165, 1.54) is 0 Å². The van der Waals surface area contributed by atoms with Gasteiger partial charge in [-0.05, 0) is 26.0 Å². The lowest BCUT2D eigenvalue weighted by Gasteiger charge is -2.26. The number of rotatable bonds is 2. The van der Waals surface area contributed by atoms with E-state index in [9.17, 15) is 4.79 Å². The van der Waals surface area contributed by atoms with Crippen molar-refractivity contribution in [3.05, 3.63) is 63.3 Å². The Kier molecular flexibility index (Phi) is 3.27. The number of aromatic amines is 1. The summed E-state index contributed by atoms with van der Waals surface area (Å²) in [6.07, 6.45) is 2.84. The van der Waals surface area contributed by atoms with Gasteiger partial charge in [0.15, 0.2) is 0 Å². The Balaban J connectivity index is 1.64. The minimum Gasteiger partial charge on any atom is -0.310 e. The highest BCUT2D eigenvalue weighted by atomic mass is 16.1. The summed E-state index contributed by atoms with van der Waals surface area (Å²) >= 11 is 0. The van der Waals surface area contributed by atoms with Gasteiger partial charge in [-0.25, -0.2) is 9.97 Å². The highest BCUT2D eigenvalue weighted by Gasteiger charge is 2.22. The number of aromatic nitrogens is 4. The van der Waals surface area contributed by atoms with Gasteiger partial charge in [0.1, 0.15) is 11.6 Å². The Morgan fingerprint density at radius 2 is 2.13 bits per heavy atom. The molecule has 118 valence electrons. The highest BCUT2D eigenvalue weighted by Crippen LogP contribution is 2.19. The Morgan fingerprint density at radius 1 is 1.26 bits per heavy atom. The van der Waals surface area contributed by atoms with E-state index in [2.05, 4.69) is 25.3 Å². The summed E-state index contributed by atoms with van der Waals surface area (Å²) < 4.78 is 2.10. The van der Waals surface area contributed by atoms with Crippen molar-refractivity contribution in [1.82, 2.24) is 24.3 Å². The molecule has 0 atom stereocenters. The van der Waals surface area contributed by atoms with E-state index < -0.39 is 0 Å². The molecule has 1 aliphatic rings. The molecular formula is C17H19N5O. The van der Waals surface area contributed by atoms with Crippen LogP contribution in [0.15, 0.2) is 29.2 Å². The van der Waals surface area contributed by atoms with Gasteiger partial charge in [0.2, 0.25) is 0 Å². The fourth-order valence-electron chi connectivity index (χ4n) is 3.34. The first-order valence-electron chi connectivity index (χ1n) is 7.85. The zero-order valence-corrected chi connectivity index (χ0v) is 13.3. The second-order valence-electron chi connectivity index (χ2n) is 6.10. The summed E-state index contributed by atoms with van der Waals surface area (Å²) in [6, 6.07) is 6.13. The normalized spacial score (nSPS) is 15.0. The molecule has 0 saturated heterocycles. The average molecular weight is 309 g/mol. The van der Waals surface area contributed by atoms with Crippen LogP contribution in [0.5, 0.6) is 0 Å². The Bertz CT molecular complexity index is 940. The zero-order chi connectivity index (χ0) is 16.0. The van der Waals surface area contributed by atoms with Crippen molar-refractivity contribution in [2.45, 2.75) is 33.4 Å². The molecule has 1 N–H and O–H groups in total. The van der Waals surface area contributed by atoms with Gasteiger partial charge in [0.25, 0.3) is 5.56 Å². The maximum absolute atomic E-state index is 12.2. The first-order valence-corrected chi connectivity index (χ1v) is 7.85. The van der Waals surface area contributed by atoms with Gasteiger partial charge in [-0.2, -0.15) is 0 Å². The van der Waals surface area contributed by atoms with Gasteiger partial charge < -0.3 is 9.38 Å². The second kappa shape index (κ2) is 5.31. The Labute approximate surface area is 133 Å². The summed E-state index contributed by atoms with van der Waals surface area (Å²) in [6.45, 7) is 6.11. The predicted molar refractivity (Wildman–Crippen MR) is 87.3 cm³/mol. The van der Waals surface area contributed by atoms with Crippen LogP contribution < -0.4 is 5.56 Å². The lowest BCUT2D eigenvalue weighted by molar-refractivity contribution is 0.240. The number of nitrogens with one attached hydrogen (secondary N) is 1. The standard InChI is InChI=1S/C17H19N5O/c1-11-18-14-6-8-21(9-13(14)17(23)19-11)10-15-16-5-3-4-7-22(16)12(2)20-15/h3-5,7H,6,8-10H2,1-2H3,(H,18,19,23). The molecule has 0 spiro atoms. The molecule has 0 aliphatic carbocycles. The van der Waals surface area contributed by atoms with Gasteiger partial charge in [-0.15, -0.1) is 0 Å². The molecule has 0 fully saturated rings. The highest BCUT2D eigenvalue weighted by molar-refractivity contribution is 5.53. The van der Waals surface area contributed by atoms with Crippen LogP contribution in [0.25, 0.3) is 5.52 Å². The first kappa shape index (κ1) is 14.1. The van der Waals surface area contributed by atoms with Crippen molar-refractivity contribution in [1.29, 1.82) is 0 Å². The number of hydrogen-bond acceptors (Lipinski definition) is 4. The van der Waals surface area contributed by atoms with Gasteiger partial charge >= 0.3 is 0 Å². The average Bonchev–Trinajstić information content (AvgIpc) is 2.85. The van der Waals surface area contributed by atoms with Crippen LogP contribution in [0.3, 0.4) is 0 Å². The largest absolute Gasteiger partial charge is 0.310 e. The first-order chi connectivity index (χ1) is 11.1. The van der Waals surface area contributed by atoms with Crippen molar-refractivity contribution in [3.8, 4) is 0 Å². The molecular weight excluding hydrogens is 290 g/mol.